The second kappa shape index (κ2) is 5.17. The van der Waals surface area contributed by atoms with Crippen molar-refractivity contribution in [3.05, 3.63) is 59.2 Å². The van der Waals surface area contributed by atoms with E-state index in [1.165, 1.54) is 0 Å². The van der Waals surface area contributed by atoms with Gasteiger partial charge in [0.05, 0.1) is 5.69 Å². The van der Waals surface area contributed by atoms with Gasteiger partial charge in [-0.25, -0.2) is 17.6 Å². The fourth-order valence-electron chi connectivity index (χ4n) is 1.55. The van der Waals surface area contributed by atoms with E-state index in [1.807, 2.05) is 0 Å². The molecular formula is C13H9F4NO. The van der Waals surface area contributed by atoms with Gasteiger partial charge in [-0.05, 0) is 35.9 Å². The van der Waals surface area contributed by atoms with E-state index in [9.17, 15) is 17.6 Å². The third-order valence-corrected chi connectivity index (χ3v) is 2.49. The van der Waals surface area contributed by atoms with Gasteiger partial charge < -0.3 is 10.4 Å². The Morgan fingerprint density at radius 1 is 0.895 bits per heavy atom. The number of aromatic hydroxyl groups is 1. The van der Waals surface area contributed by atoms with Crippen LogP contribution in [-0.4, -0.2) is 5.11 Å². The van der Waals surface area contributed by atoms with E-state index in [0.717, 1.165) is 30.3 Å². The molecule has 0 radical (unpaired) electrons. The Labute approximate surface area is 106 Å². The Morgan fingerprint density at radius 3 is 2.16 bits per heavy atom. The van der Waals surface area contributed by atoms with Gasteiger partial charge in [0.25, 0.3) is 0 Å². The molecule has 2 nitrogen and oxygen atoms in total. The van der Waals surface area contributed by atoms with Crippen molar-refractivity contribution >= 4 is 5.69 Å². The zero-order valence-electron chi connectivity index (χ0n) is 9.55. The van der Waals surface area contributed by atoms with E-state index in [0.29, 0.717) is 0 Å². The molecule has 0 bridgehead atoms. The molecule has 0 saturated heterocycles. The molecule has 100 valence electrons. The molecule has 0 unspecified atom stereocenters. The molecule has 0 amide bonds. The third-order valence-electron chi connectivity index (χ3n) is 2.49. The van der Waals surface area contributed by atoms with Gasteiger partial charge in [0.1, 0.15) is 11.6 Å². The predicted molar refractivity (Wildman–Crippen MR) is 61.7 cm³/mol. The Morgan fingerprint density at radius 2 is 1.53 bits per heavy atom. The van der Waals surface area contributed by atoms with Crippen LogP contribution in [0.1, 0.15) is 5.56 Å². The van der Waals surface area contributed by atoms with Crippen LogP contribution in [-0.2, 0) is 6.54 Å². The number of rotatable bonds is 3. The first kappa shape index (κ1) is 13.2. The van der Waals surface area contributed by atoms with E-state index in [2.05, 4.69) is 5.32 Å². The monoisotopic (exact) mass is 271 g/mol. The summed E-state index contributed by atoms with van der Waals surface area (Å²) in [5.74, 6) is -4.61. The van der Waals surface area contributed by atoms with Crippen molar-refractivity contribution in [3.8, 4) is 5.75 Å². The number of hydrogen-bond donors (Lipinski definition) is 2. The minimum atomic E-state index is -1.11. The summed E-state index contributed by atoms with van der Waals surface area (Å²) in [5.41, 5.74) is 0.0327. The quantitative estimate of drug-likeness (QED) is 0.836. The molecule has 0 atom stereocenters. The highest BCUT2D eigenvalue weighted by atomic mass is 19.1. The van der Waals surface area contributed by atoms with Crippen LogP contribution < -0.4 is 5.32 Å². The van der Waals surface area contributed by atoms with E-state index in [4.69, 9.17) is 5.11 Å². The summed E-state index contributed by atoms with van der Waals surface area (Å²) in [7, 11) is 0. The van der Waals surface area contributed by atoms with E-state index >= 15 is 0 Å². The summed E-state index contributed by atoms with van der Waals surface area (Å²) in [6.45, 7) is -0.117. The number of benzene rings is 2. The van der Waals surface area contributed by atoms with Crippen molar-refractivity contribution in [1.82, 2.24) is 0 Å². The number of halogens is 4. The zero-order valence-corrected chi connectivity index (χ0v) is 9.55. The fraction of sp³-hybridized carbons (Fsp3) is 0.0769. The first-order valence-electron chi connectivity index (χ1n) is 5.33. The van der Waals surface area contributed by atoms with Crippen LogP contribution in [0.3, 0.4) is 0 Å². The largest absolute Gasteiger partial charge is 0.503 e. The standard InChI is InChI=1S/C13H9F4NO/c14-8-1-2-9(15)12(5-8)18-6-7-3-10(16)13(19)11(17)4-7/h1-5,18-19H,6H2. The third kappa shape index (κ3) is 2.96. The lowest BCUT2D eigenvalue weighted by Crippen LogP contribution is -2.03. The zero-order chi connectivity index (χ0) is 14.0. The van der Waals surface area contributed by atoms with Gasteiger partial charge in [-0.15, -0.1) is 0 Å². The predicted octanol–water partition coefficient (Wildman–Crippen LogP) is 3.56. The van der Waals surface area contributed by atoms with Crippen LogP contribution in [0.2, 0.25) is 0 Å². The van der Waals surface area contributed by atoms with Gasteiger partial charge >= 0.3 is 0 Å². The summed E-state index contributed by atoms with van der Waals surface area (Å²) in [4.78, 5) is 0. The Bertz CT molecular complexity index is 593. The number of phenolic OH excluding ortho intramolecular Hbond substituents is 1. The molecule has 0 fully saturated rings. The van der Waals surface area contributed by atoms with Crippen molar-refractivity contribution in [2.45, 2.75) is 6.54 Å². The van der Waals surface area contributed by atoms with Crippen LogP contribution in [0.5, 0.6) is 5.75 Å². The topological polar surface area (TPSA) is 32.3 Å². The van der Waals surface area contributed by atoms with Gasteiger partial charge in [0, 0.05) is 6.54 Å². The normalized spacial score (nSPS) is 10.5. The maximum Gasteiger partial charge on any atom is 0.187 e. The maximum atomic E-state index is 13.3. The highest BCUT2D eigenvalue weighted by molar-refractivity contribution is 5.45. The summed E-state index contributed by atoms with van der Waals surface area (Å²) in [5, 5.41) is 11.4. The highest BCUT2D eigenvalue weighted by Gasteiger charge is 2.10. The first-order chi connectivity index (χ1) is 8.97. The average Bonchev–Trinajstić information content (AvgIpc) is 2.37. The maximum absolute atomic E-state index is 13.3. The summed E-state index contributed by atoms with van der Waals surface area (Å²) < 4.78 is 52.3. The van der Waals surface area contributed by atoms with Crippen LogP contribution in [0.25, 0.3) is 0 Å². The second-order valence-corrected chi connectivity index (χ2v) is 3.89. The molecule has 0 aliphatic heterocycles. The SMILES string of the molecule is Oc1c(F)cc(CNc2cc(F)ccc2F)cc1F. The molecular weight excluding hydrogens is 262 g/mol. The summed E-state index contributed by atoms with van der Waals surface area (Å²) in [6, 6.07) is 4.64. The molecule has 2 aromatic rings. The van der Waals surface area contributed by atoms with E-state index < -0.39 is 29.0 Å². The van der Waals surface area contributed by atoms with E-state index in [1.54, 1.807) is 0 Å². The summed E-state index contributed by atoms with van der Waals surface area (Å²) in [6.07, 6.45) is 0. The Hall–Kier alpha value is -2.24. The van der Waals surface area contributed by atoms with Crippen LogP contribution >= 0.6 is 0 Å². The lowest BCUT2D eigenvalue weighted by Gasteiger charge is -2.08. The molecule has 0 saturated carbocycles. The molecule has 0 aromatic heterocycles. The molecule has 2 aromatic carbocycles. The number of phenols is 1. The number of nitrogens with one attached hydrogen (secondary N) is 1. The van der Waals surface area contributed by atoms with Gasteiger partial charge in [-0.2, -0.15) is 0 Å². The molecule has 0 spiro atoms. The minimum absolute atomic E-state index is 0.117. The summed E-state index contributed by atoms with van der Waals surface area (Å²) >= 11 is 0. The second-order valence-electron chi connectivity index (χ2n) is 3.89. The van der Waals surface area contributed by atoms with Crippen molar-refractivity contribution in [1.29, 1.82) is 0 Å². The van der Waals surface area contributed by atoms with Crippen LogP contribution in [0.4, 0.5) is 23.2 Å². The molecule has 0 aliphatic carbocycles. The molecule has 0 heterocycles. The Kier molecular flexibility index (Phi) is 3.59. The molecule has 2 rings (SSSR count). The molecule has 6 heteroatoms. The van der Waals surface area contributed by atoms with Crippen molar-refractivity contribution in [3.63, 3.8) is 0 Å². The number of hydrogen-bond acceptors (Lipinski definition) is 2. The molecule has 0 aliphatic rings. The van der Waals surface area contributed by atoms with Crippen molar-refractivity contribution in [2.24, 2.45) is 0 Å². The average molecular weight is 271 g/mol. The van der Waals surface area contributed by atoms with Crippen LogP contribution in [0, 0.1) is 23.3 Å². The molecule has 19 heavy (non-hydrogen) atoms. The fourth-order valence-corrected chi connectivity index (χ4v) is 1.55. The van der Waals surface area contributed by atoms with Gasteiger partial charge in [0.15, 0.2) is 17.4 Å². The van der Waals surface area contributed by atoms with Gasteiger partial charge in [-0.3, -0.25) is 0 Å². The minimum Gasteiger partial charge on any atom is -0.503 e. The van der Waals surface area contributed by atoms with Crippen LogP contribution in [0.15, 0.2) is 30.3 Å². The Balaban J connectivity index is 2.17. The smallest absolute Gasteiger partial charge is 0.187 e. The van der Waals surface area contributed by atoms with Crippen molar-refractivity contribution < 1.29 is 22.7 Å². The van der Waals surface area contributed by atoms with E-state index in [-0.39, 0.29) is 17.8 Å². The lowest BCUT2D eigenvalue weighted by atomic mass is 10.2. The van der Waals surface area contributed by atoms with Gasteiger partial charge in [0.2, 0.25) is 0 Å². The highest BCUT2D eigenvalue weighted by Crippen LogP contribution is 2.22. The van der Waals surface area contributed by atoms with Crippen molar-refractivity contribution in [2.75, 3.05) is 5.32 Å². The first-order valence-corrected chi connectivity index (χ1v) is 5.33. The van der Waals surface area contributed by atoms with Gasteiger partial charge in [-0.1, -0.05) is 0 Å². The molecule has 2 N–H and O–H groups in total. The lowest BCUT2D eigenvalue weighted by molar-refractivity contribution is 0.395. The number of anilines is 1.